The van der Waals surface area contributed by atoms with Gasteiger partial charge >= 0.3 is 0 Å². The number of hydrogen-bond acceptors (Lipinski definition) is 0. The first-order valence-corrected chi connectivity index (χ1v) is 27.7. The molecule has 10 aromatic carbocycles. The van der Waals surface area contributed by atoms with Gasteiger partial charge in [0.25, 0.3) is 0 Å². The van der Waals surface area contributed by atoms with Crippen molar-refractivity contribution >= 4 is 43.6 Å². The fourth-order valence-electron chi connectivity index (χ4n) is 18.0. The van der Waals surface area contributed by atoms with Crippen LogP contribution in [-0.4, -0.2) is 9.13 Å². The zero-order valence-electron chi connectivity index (χ0n) is 42.3. The van der Waals surface area contributed by atoms with Crippen LogP contribution in [0.3, 0.4) is 0 Å². The third kappa shape index (κ3) is 5.40. The molecule has 4 bridgehead atoms. The van der Waals surface area contributed by atoms with Crippen LogP contribution in [0.2, 0.25) is 0 Å². The topological polar surface area (TPSA) is 9.86 Å². The molecule has 2 nitrogen and oxygen atoms in total. The van der Waals surface area contributed by atoms with E-state index in [1.807, 2.05) is 0 Å². The maximum Gasteiger partial charge on any atom is 0.0548 e. The minimum absolute atomic E-state index is 0.0847. The lowest BCUT2D eigenvalue weighted by molar-refractivity contribution is 0.00424. The zero-order chi connectivity index (χ0) is 49.2. The maximum absolute atomic E-state index is 2.75. The smallest absolute Gasteiger partial charge is 0.0548 e. The normalized spacial score (nSPS) is 23.8. The van der Waals surface area contributed by atoms with Gasteiger partial charge in [-0.15, -0.1) is 0 Å². The summed E-state index contributed by atoms with van der Waals surface area (Å²) >= 11 is 0. The van der Waals surface area contributed by atoms with Crippen LogP contribution < -0.4 is 0 Å². The lowest BCUT2D eigenvalue weighted by Gasteiger charge is -2.63. The number of benzene rings is 10. The number of rotatable bonds is 4. The summed E-state index contributed by atoms with van der Waals surface area (Å²) in [5, 5.41) is 5.13. The first kappa shape index (κ1) is 42.2. The molecular formula is C73H56N2. The minimum atomic E-state index is -0.138. The molecule has 5 aliphatic carbocycles. The van der Waals surface area contributed by atoms with E-state index in [0.717, 1.165) is 19.3 Å². The van der Waals surface area contributed by atoms with Crippen molar-refractivity contribution in [2.45, 2.75) is 73.5 Å². The van der Waals surface area contributed by atoms with Crippen molar-refractivity contribution in [3.8, 4) is 44.8 Å². The third-order valence-corrected chi connectivity index (χ3v) is 20.2. The summed E-state index contributed by atoms with van der Waals surface area (Å²) in [6.07, 6.45) is 7.01. The van der Waals surface area contributed by atoms with E-state index in [0.29, 0.717) is 17.8 Å². The molecule has 0 amide bonds. The highest BCUT2D eigenvalue weighted by molar-refractivity contribution is 6.19. The molecule has 0 saturated heterocycles. The second-order valence-corrected chi connectivity index (χ2v) is 23.2. The van der Waals surface area contributed by atoms with E-state index < -0.39 is 0 Å². The van der Waals surface area contributed by atoms with Crippen LogP contribution in [0, 0.1) is 12.8 Å². The standard InChI is InChI=1S/C73H56N2/c1-46-20-5-6-23-50(46)54-27-12-16-33-63(54)73-39-19-38-71-43-47(44-72(70(71)73)45-65(73)56-29-10-9-26-53(56)55-28-11-15-32-62(55)72)51-24-7-8-25-52(51)57-37-36-49(40-64(57)71)75-67-35-18-14-31-59(67)61-41-68-60(42-69(61)75)58-30-13-17-34-66(58)74(68)48-21-3-2-4-22-48/h2-18,20-37,40-42,47,65,70H,19,38-39,43-45H2,1H3. The molecule has 12 aromatic rings. The quantitative estimate of drug-likeness (QED) is 0.166. The number of hydrogen-bond donors (Lipinski definition) is 0. The fraction of sp³-hybridized carbons (Fsp3) is 0.178. The maximum atomic E-state index is 2.75. The van der Waals surface area contributed by atoms with Crippen LogP contribution in [0.15, 0.2) is 231 Å². The summed E-state index contributed by atoms with van der Waals surface area (Å²) in [5.41, 5.74) is 24.9. The summed E-state index contributed by atoms with van der Waals surface area (Å²) in [6.45, 7) is 2.32. The summed E-state index contributed by atoms with van der Waals surface area (Å²) in [4.78, 5) is 0. The van der Waals surface area contributed by atoms with E-state index in [1.54, 1.807) is 27.8 Å². The molecule has 0 radical (unpaired) electrons. The fourth-order valence-corrected chi connectivity index (χ4v) is 18.0. The summed E-state index contributed by atoms with van der Waals surface area (Å²) < 4.78 is 5.10. The molecule has 2 aromatic heterocycles. The molecule has 2 heteroatoms. The second kappa shape index (κ2) is 15.2. The number of aromatic nitrogens is 2. The van der Waals surface area contributed by atoms with Crippen LogP contribution in [0.1, 0.15) is 83.7 Å². The predicted octanol–water partition coefficient (Wildman–Crippen LogP) is 18.5. The lowest BCUT2D eigenvalue weighted by Crippen LogP contribution is -2.60. The number of aryl methyl sites for hydroxylation is 1. The van der Waals surface area contributed by atoms with Gasteiger partial charge in [-0.05, 0) is 172 Å². The average molecular weight is 961 g/mol. The van der Waals surface area contributed by atoms with Crippen molar-refractivity contribution in [2.75, 3.05) is 0 Å². The Morgan fingerprint density at radius 3 is 1.61 bits per heavy atom. The number of fused-ring (bicyclic) bond motifs is 15. The molecule has 0 N–H and O–H groups in total. The average Bonchev–Trinajstić information content (AvgIpc) is 4.05. The minimum Gasteiger partial charge on any atom is -0.309 e. The van der Waals surface area contributed by atoms with E-state index >= 15 is 0 Å². The molecule has 75 heavy (non-hydrogen) atoms. The molecule has 6 atom stereocenters. The molecule has 358 valence electrons. The third-order valence-electron chi connectivity index (χ3n) is 20.2. The lowest BCUT2D eigenvalue weighted by atomic mass is 9.39. The van der Waals surface area contributed by atoms with Gasteiger partial charge in [0.2, 0.25) is 0 Å². The Kier molecular flexibility index (Phi) is 8.55. The molecule has 0 aliphatic heterocycles. The van der Waals surface area contributed by atoms with Crippen molar-refractivity contribution in [2.24, 2.45) is 5.92 Å². The molecule has 17 rings (SSSR count). The van der Waals surface area contributed by atoms with Crippen LogP contribution in [0.25, 0.3) is 88.4 Å². The Morgan fingerprint density at radius 2 is 0.893 bits per heavy atom. The summed E-state index contributed by atoms with van der Waals surface area (Å²) in [7, 11) is 0. The Bertz CT molecular complexity index is 4380. The monoisotopic (exact) mass is 960 g/mol. The van der Waals surface area contributed by atoms with Gasteiger partial charge in [0, 0.05) is 49.2 Å². The highest BCUT2D eigenvalue weighted by atomic mass is 15.0. The Morgan fingerprint density at radius 1 is 0.360 bits per heavy atom. The van der Waals surface area contributed by atoms with Crippen molar-refractivity contribution in [1.82, 2.24) is 9.13 Å². The van der Waals surface area contributed by atoms with Gasteiger partial charge in [-0.3, -0.25) is 0 Å². The van der Waals surface area contributed by atoms with Crippen molar-refractivity contribution < 1.29 is 0 Å². The van der Waals surface area contributed by atoms with E-state index in [1.165, 1.54) is 113 Å². The predicted molar refractivity (Wildman–Crippen MR) is 311 cm³/mol. The molecule has 3 fully saturated rings. The largest absolute Gasteiger partial charge is 0.309 e. The molecule has 5 aliphatic rings. The summed E-state index contributed by atoms with van der Waals surface area (Å²) in [6, 6.07) is 89.9. The number of para-hydroxylation sites is 3. The van der Waals surface area contributed by atoms with Gasteiger partial charge in [-0.1, -0.05) is 188 Å². The Hall–Kier alpha value is -8.20. The van der Waals surface area contributed by atoms with Gasteiger partial charge in [-0.25, -0.2) is 0 Å². The first-order valence-electron chi connectivity index (χ1n) is 27.7. The first-order chi connectivity index (χ1) is 37.1. The molecule has 1 spiro atoms. The highest BCUT2D eigenvalue weighted by Crippen LogP contribution is 2.80. The van der Waals surface area contributed by atoms with Crippen LogP contribution >= 0.6 is 0 Å². The van der Waals surface area contributed by atoms with Crippen LogP contribution in [0.5, 0.6) is 0 Å². The van der Waals surface area contributed by atoms with Gasteiger partial charge in [0.1, 0.15) is 0 Å². The number of nitrogens with zero attached hydrogens (tertiary/aromatic N) is 2. The van der Waals surface area contributed by atoms with Crippen molar-refractivity contribution in [3.63, 3.8) is 0 Å². The van der Waals surface area contributed by atoms with Crippen LogP contribution in [0.4, 0.5) is 0 Å². The molecule has 2 heterocycles. The van der Waals surface area contributed by atoms with E-state index in [9.17, 15) is 0 Å². The Labute approximate surface area is 438 Å². The Balaban J connectivity index is 0.983. The van der Waals surface area contributed by atoms with Gasteiger partial charge in [0.15, 0.2) is 0 Å². The zero-order valence-corrected chi connectivity index (χ0v) is 42.3. The molecule has 6 unspecified atom stereocenters. The van der Waals surface area contributed by atoms with Crippen molar-refractivity contribution in [1.29, 1.82) is 0 Å². The molecule has 3 saturated carbocycles. The van der Waals surface area contributed by atoms with Crippen LogP contribution in [-0.2, 0) is 16.2 Å². The van der Waals surface area contributed by atoms with E-state index in [2.05, 4.69) is 247 Å². The van der Waals surface area contributed by atoms with Gasteiger partial charge < -0.3 is 9.13 Å². The highest BCUT2D eigenvalue weighted by Gasteiger charge is 2.74. The van der Waals surface area contributed by atoms with Crippen molar-refractivity contribution in [3.05, 3.63) is 264 Å². The van der Waals surface area contributed by atoms with E-state index in [4.69, 9.17) is 0 Å². The second-order valence-electron chi connectivity index (χ2n) is 23.2. The summed E-state index contributed by atoms with van der Waals surface area (Å²) in [5.74, 6) is 1.10. The van der Waals surface area contributed by atoms with Gasteiger partial charge in [-0.2, -0.15) is 0 Å². The van der Waals surface area contributed by atoms with E-state index in [-0.39, 0.29) is 16.2 Å². The van der Waals surface area contributed by atoms with Gasteiger partial charge in [0.05, 0.1) is 22.1 Å². The SMILES string of the molecule is Cc1ccccc1-c1ccccc1C12CCCC34CC(CC5(CC1c1ccccc1-c1ccccc15)C32)c1ccccc1-c1ccc(-n2c3ccccc3c3cc5c(cc32)c2ccccc2n5-c2ccccc2)cc14. The molecular weight excluding hydrogens is 905 g/mol.